The van der Waals surface area contributed by atoms with E-state index in [1.807, 2.05) is 18.2 Å². The van der Waals surface area contributed by atoms with E-state index in [2.05, 4.69) is 19.1 Å². The Kier molecular flexibility index (Phi) is 5.37. The summed E-state index contributed by atoms with van der Waals surface area (Å²) in [5.41, 5.74) is 7.40. The number of hydrogen-bond donors (Lipinski definition) is 1. The molecule has 2 nitrogen and oxygen atoms in total. The van der Waals surface area contributed by atoms with E-state index >= 15 is 0 Å². The highest BCUT2D eigenvalue weighted by Gasteiger charge is 2.16. The van der Waals surface area contributed by atoms with Crippen LogP contribution in [0.2, 0.25) is 0 Å². The van der Waals surface area contributed by atoms with Crippen LogP contribution >= 0.6 is 0 Å². The molecule has 2 heteroatoms. The zero-order chi connectivity index (χ0) is 11.1. The van der Waals surface area contributed by atoms with Crippen molar-refractivity contribution in [2.24, 2.45) is 5.73 Å². The molecule has 0 heterocycles. The zero-order valence-electron chi connectivity index (χ0n) is 9.65. The minimum Gasteiger partial charge on any atom is -0.380 e. The zero-order valence-corrected chi connectivity index (χ0v) is 9.65. The molecule has 0 aromatic heterocycles. The fourth-order valence-electron chi connectivity index (χ4n) is 1.81. The first-order chi connectivity index (χ1) is 7.27. The molecule has 0 aliphatic carbocycles. The molecule has 0 saturated heterocycles. The monoisotopic (exact) mass is 207 g/mol. The van der Waals surface area contributed by atoms with E-state index in [0.29, 0.717) is 0 Å². The van der Waals surface area contributed by atoms with Gasteiger partial charge in [-0.1, -0.05) is 43.7 Å². The summed E-state index contributed by atoms with van der Waals surface area (Å²) in [4.78, 5) is 0. The van der Waals surface area contributed by atoms with Crippen molar-refractivity contribution in [2.75, 3.05) is 7.11 Å². The van der Waals surface area contributed by atoms with Crippen LogP contribution < -0.4 is 5.73 Å². The quantitative estimate of drug-likeness (QED) is 0.777. The number of rotatable bonds is 6. The summed E-state index contributed by atoms with van der Waals surface area (Å²) >= 11 is 0. The summed E-state index contributed by atoms with van der Waals surface area (Å²) < 4.78 is 5.40. The maximum absolute atomic E-state index is 6.12. The van der Waals surface area contributed by atoms with Crippen molar-refractivity contribution in [3.63, 3.8) is 0 Å². The van der Waals surface area contributed by atoms with Gasteiger partial charge >= 0.3 is 0 Å². The average molecular weight is 207 g/mol. The lowest BCUT2D eigenvalue weighted by atomic mass is 9.99. The molecule has 1 aromatic rings. The summed E-state index contributed by atoms with van der Waals surface area (Å²) in [7, 11) is 1.74. The number of hydrogen-bond acceptors (Lipinski definition) is 2. The minimum atomic E-state index is 0.0948. The third-order valence-corrected chi connectivity index (χ3v) is 2.67. The van der Waals surface area contributed by atoms with Gasteiger partial charge in [0.15, 0.2) is 0 Å². The van der Waals surface area contributed by atoms with Crippen molar-refractivity contribution >= 4 is 0 Å². The predicted molar refractivity (Wildman–Crippen MR) is 63.8 cm³/mol. The van der Waals surface area contributed by atoms with Crippen molar-refractivity contribution in [1.29, 1.82) is 0 Å². The van der Waals surface area contributed by atoms with Crippen LogP contribution in [0.5, 0.6) is 0 Å². The second kappa shape index (κ2) is 6.59. The van der Waals surface area contributed by atoms with E-state index in [1.165, 1.54) is 5.56 Å². The Balaban J connectivity index is 2.50. The van der Waals surface area contributed by atoms with E-state index in [0.717, 1.165) is 19.3 Å². The van der Waals surface area contributed by atoms with E-state index in [9.17, 15) is 0 Å². The Morgan fingerprint density at radius 1 is 1.27 bits per heavy atom. The molecule has 0 aliphatic rings. The molecule has 0 spiro atoms. The van der Waals surface area contributed by atoms with Gasteiger partial charge in [0.1, 0.15) is 0 Å². The minimum absolute atomic E-state index is 0.0948. The topological polar surface area (TPSA) is 35.2 Å². The Bertz CT molecular complexity index is 260. The third kappa shape index (κ3) is 4.02. The van der Waals surface area contributed by atoms with Gasteiger partial charge in [0, 0.05) is 13.2 Å². The van der Waals surface area contributed by atoms with Gasteiger partial charge in [-0.05, 0) is 18.4 Å². The molecule has 84 valence electrons. The third-order valence-electron chi connectivity index (χ3n) is 2.67. The lowest BCUT2D eigenvalue weighted by molar-refractivity contribution is 0.0727. The summed E-state index contributed by atoms with van der Waals surface area (Å²) in [5, 5.41) is 0. The molecule has 0 saturated carbocycles. The lowest BCUT2D eigenvalue weighted by Gasteiger charge is -2.22. The van der Waals surface area contributed by atoms with Crippen LogP contribution in [0.3, 0.4) is 0 Å². The van der Waals surface area contributed by atoms with Crippen LogP contribution in [0.4, 0.5) is 0 Å². The molecule has 2 unspecified atom stereocenters. The van der Waals surface area contributed by atoms with Gasteiger partial charge in [0.05, 0.1) is 6.10 Å². The molecule has 0 fully saturated rings. The average Bonchev–Trinajstić information content (AvgIpc) is 2.27. The molecule has 15 heavy (non-hydrogen) atoms. The maximum atomic E-state index is 6.12. The van der Waals surface area contributed by atoms with Crippen LogP contribution in [0.25, 0.3) is 0 Å². The normalized spacial score (nSPS) is 14.9. The Labute approximate surface area is 92.4 Å². The van der Waals surface area contributed by atoms with Gasteiger partial charge in [-0.15, -0.1) is 0 Å². The molecule has 0 bridgehead atoms. The van der Waals surface area contributed by atoms with E-state index in [1.54, 1.807) is 7.11 Å². The van der Waals surface area contributed by atoms with Gasteiger partial charge in [0.25, 0.3) is 0 Å². The number of nitrogens with two attached hydrogens (primary N) is 1. The first kappa shape index (κ1) is 12.2. The van der Waals surface area contributed by atoms with Gasteiger partial charge < -0.3 is 10.5 Å². The Morgan fingerprint density at radius 3 is 2.47 bits per heavy atom. The van der Waals surface area contributed by atoms with Crippen LogP contribution in [-0.2, 0) is 11.2 Å². The highest BCUT2D eigenvalue weighted by molar-refractivity contribution is 5.16. The van der Waals surface area contributed by atoms with Gasteiger partial charge in [-0.25, -0.2) is 0 Å². The molecule has 2 atom stereocenters. The summed E-state index contributed by atoms with van der Waals surface area (Å²) in [6.45, 7) is 2.15. The SMILES string of the molecule is CCCC(OC)C(N)Cc1ccccc1. The van der Waals surface area contributed by atoms with E-state index in [-0.39, 0.29) is 12.1 Å². The molecule has 0 radical (unpaired) electrons. The standard InChI is InChI=1S/C13H21NO/c1-3-7-13(15-2)12(14)10-11-8-5-4-6-9-11/h4-6,8-9,12-13H,3,7,10,14H2,1-2H3. The molecule has 2 N–H and O–H groups in total. The van der Waals surface area contributed by atoms with Crippen molar-refractivity contribution in [1.82, 2.24) is 0 Å². The highest BCUT2D eigenvalue weighted by Crippen LogP contribution is 2.10. The van der Waals surface area contributed by atoms with Crippen molar-refractivity contribution in [3.05, 3.63) is 35.9 Å². The van der Waals surface area contributed by atoms with Gasteiger partial charge in [-0.3, -0.25) is 0 Å². The van der Waals surface area contributed by atoms with E-state index in [4.69, 9.17) is 10.5 Å². The first-order valence-corrected chi connectivity index (χ1v) is 5.60. The fraction of sp³-hybridized carbons (Fsp3) is 0.538. The smallest absolute Gasteiger partial charge is 0.0725 e. The summed E-state index contributed by atoms with van der Waals surface area (Å²) in [6, 6.07) is 10.4. The van der Waals surface area contributed by atoms with Crippen LogP contribution in [0.15, 0.2) is 30.3 Å². The lowest BCUT2D eigenvalue weighted by Crippen LogP contribution is -2.37. The molecule has 0 amide bonds. The van der Waals surface area contributed by atoms with Crippen molar-refractivity contribution < 1.29 is 4.74 Å². The summed E-state index contributed by atoms with van der Waals surface area (Å²) in [6.07, 6.45) is 3.21. The molecule has 1 aromatic carbocycles. The Hall–Kier alpha value is -0.860. The number of ether oxygens (including phenoxy) is 1. The second-order valence-electron chi connectivity index (χ2n) is 3.92. The maximum Gasteiger partial charge on any atom is 0.0725 e. The second-order valence-corrected chi connectivity index (χ2v) is 3.92. The van der Waals surface area contributed by atoms with Gasteiger partial charge in [-0.2, -0.15) is 0 Å². The van der Waals surface area contributed by atoms with E-state index < -0.39 is 0 Å². The number of methoxy groups -OCH3 is 1. The van der Waals surface area contributed by atoms with Crippen LogP contribution in [0, 0.1) is 0 Å². The fourth-order valence-corrected chi connectivity index (χ4v) is 1.81. The summed E-state index contributed by atoms with van der Waals surface area (Å²) in [5.74, 6) is 0. The van der Waals surface area contributed by atoms with Crippen LogP contribution in [-0.4, -0.2) is 19.3 Å². The van der Waals surface area contributed by atoms with Gasteiger partial charge in [0.2, 0.25) is 0 Å². The first-order valence-electron chi connectivity index (χ1n) is 5.60. The molecular formula is C13H21NO. The Morgan fingerprint density at radius 2 is 1.93 bits per heavy atom. The number of benzene rings is 1. The molecule has 1 rings (SSSR count). The van der Waals surface area contributed by atoms with Crippen molar-refractivity contribution in [2.45, 2.75) is 38.3 Å². The van der Waals surface area contributed by atoms with Crippen LogP contribution in [0.1, 0.15) is 25.3 Å². The molecular weight excluding hydrogens is 186 g/mol. The molecule has 0 aliphatic heterocycles. The highest BCUT2D eigenvalue weighted by atomic mass is 16.5. The predicted octanol–water partition coefficient (Wildman–Crippen LogP) is 2.37. The van der Waals surface area contributed by atoms with Crippen molar-refractivity contribution in [3.8, 4) is 0 Å². The largest absolute Gasteiger partial charge is 0.380 e.